The molecule has 0 N–H and O–H groups in total. The quantitative estimate of drug-likeness (QED) is 0.808. The van der Waals surface area contributed by atoms with E-state index in [0.717, 1.165) is 17.0 Å². The molecule has 2 rings (SSSR count). The molecule has 0 aliphatic heterocycles. The topological polar surface area (TPSA) is 52.8 Å². The standard InChI is InChI=1S/C13H17ClN4O/c1-5-19-7-12-15-11(14)6-13(16-12)18-10(4)8(2)9(3)17-18/h6H,5,7H2,1-4H3. The molecule has 0 aliphatic rings. The first-order valence-corrected chi connectivity index (χ1v) is 6.55. The molecule has 0 aromatic carbocycles. The summed E-state index contributed by atoms with van der Waals surface area (Å²) in [7, 11) is 0. The van der Waals surface area contributed by atoms with E-state index in [9.17, 15) is 0 Å². The molecule has 0 fully saturated rings. The molecule has 0 amide bonds. The van der Waals surface area contributed by atoms with E-state index >= 15 is 0 Å². The van der Waals surface area contributed by atoms with Crippen LogP contribution in [0, 0.1) is 20.8 Å². The monoisotopic (exact) mass is 280 g/mol. The second kappa shape index (κ2) is 5.67. The van der Waals surface area contributed by atoms with Gasteiger partial charge >= 0.3 is 0 Å². The zero-order valence-corrected chi connectivity index (χ0v) is 12.3. The molecule has 6 heteroatoms. The lowest BCUT2D eigenvalue weighted by atomic mass is 10.2. The van der Waals surface area contributed by atoms with Gasteiger partial charge in [0, 0.05) is 18.4 Å². The molecule has 0 bridgehead atoms. The number of nitrogens with zero attached hydrogens (tertiary/aromatic N) is 4. The zero-order valence-electron chi connectivity index (χ0n) is 11.6. The lowest BCUT2D eigenvalue weighted by Crippen LogP contribution is -2.07. The Kier molecular flexibility index (Phi) is 4.17. The SMILES string of the molecule is CCOCc1nc(Cl)cc(-n2nc(C)c(C)c2C)n1. The highest BCUT2D eigenvalue weighted by atomic mass is 35.5. The number of hydrogen-bond acceptors (Lipinski definition) is 4. The van der Waals surface area contributed by atoms with Crippen molar-refractivity contribution in [3.63, 3.8) is 0 Å². The Balaban J connectivity index is 2.43. The maximum atomic E-state index is 6.03. The number of aromatic nitrogens is 4. The Morgan fingerprint density at radius 1 is 1.26 bits per heavy atom. The molecule has 102 valence electrons. The van der Waals surface area contributed by atoms with Crippen molar-refractivity contribution in [3.8, 4) is 5.82 Å². The van der Waals surface area contributed by atoms with Crippen LogP contribution in [0.5, 0.6) is 0 Å². The minimum absolute atomic E-state index is 0.350. The van der Waals surface area contributed by atoms with Gasteiger partial charge < -0.3 is 4.74 Å². The Hall–Kier alpha value is -1.46. The summed E-state index contributed by atoms with van der Waals surface area (Å²) >= 11 is 6.03. The van der Waals surface area contributed by atoms with Crippen LogP contribution in [-0.4, -0.2) is 26.4 Å². The highest BCUT2D eigenvalue weighted by Gasteiger charge is 2.12. The van der Waals surface area contributed by atoms with Crippen LogP contribution in [0.25, 0.3) is 5.82 Å². The first-order valence-electron chi connectivity index (χ1n) is 6.17. The fourth-order valence-electron chi connectivity index (χ4n) is 1.76. The zero-order chi connectivity index (χ0) is 14.0. The van der Waals surface area contributed by atoms with Crippen molar-refractivity contribution >= 4 is 11.6 Å². The van der Waals surface area contributed by atoms with Crippen molar-refractivity contribution < 1.29 is 4.74 Å². The van der Waals surface area contributed by atoms with E-state index in [0.29, 0.717) is 30.0 Å². The molecular formula is C13H17ClN4O. The van der Waals surface area contributed by atoms with Crippen LogP contribution in [-0.2, 0) is 11.3 Å². The van der Waals surface area contributed by atoms with E-state index in [1.165, 1.54) is 0 Å². The van der Waals surface area contributed by atoms with Crippen LogP contribution < -0.4 is 0 Å². The van der Waals surface area contributed by atoms with Crippen LogP contribution in [0.1, 0.15) is 29.7 Å². The second-order valence-electron chi connectivity index (χ2n) is 4.31. The van der Waals surface area contributed by atoms with E-state index in [2.05, 4.69) is 15.1 Å². The van der Waals surface area contributed by atoms with Crippen LogP contribution >= 0.6 is 11.6 Å². The fourth-order valence-corrected chi connectivity index (χ4v) is 1.96. The van der Waals surface area contributed by atoms with Crippen molar-refractivity contribution in [2.45, 2.75) is 34.3 Å². The third-order valence-corrected chi connectivity index (χ3v) is 3.23. The molecule has 5 nitrogen and oxygen atoms in total. The number of halogens is 1. The molecule has 2 heterocycles. The smallest absolute Gasteiger partial charge is 0.158 e. The van der Waals surface area contributed by atoms with E-state index in [1.54, 1.807) is 10.7 Å². The van der Waals surface area contributed by atoms with Gasteiger partial charge in [0.05, 0.1) is 5.69 Å². The van der Waals surface area contributed by atoms with Crippen molar-refractivity contribution in [2.75, 3.05) is 6.61 Å². The maximum absolute atomic E-state index is 6.03. The van der Waals surface area contributed by atoms with Crippen molar-refractivity contribution in [3.05, 3.63) is 34.0 Å². The second-order valence-corrected chi connectivity index (χ2v) is 4.70. The number of ether oxygens (including phenoxy) is 1. The fraction of sp³-hybridized carbons (Fsp3) is 0.462. The molecule has 2 aromatic rings. The number of aryl methyl sites for hydroxylation is 1. The molecule has 19 heavy (non-hydrogen) atoms. The van der Waals surface area contributed by atoms with Gasteiger partial charge in [0.1, 0.15) is 11.8 Å². The van der Waals surface area contributed by atoms with Gasteiger partial charge in [-0.1, -0.05) is 11.6 Å². The predicted octanol–water partition coefficient (Wildman–Crippen LogP) is 2.78. The average Bonchev–Trinajstić information content (AvgIpc) is 2.63. The highest BCUT2D eigenvalue weighted by Crippen LogP contribution is 2.17. The molecule has 0 unspecified atom stereocenters. The van der Waals surface area contributed by atoms with Gasteiger partial charge in [0.2, 0.25) is 0 Å². The van der Waals surface area contributed by atoms with E-state index < -0.39 is 0 Å². The lowest BCUT2D eigenvalue weighted by molar-refractivity contribution is 0.128. The predicted molar refractivity (Wildman–Crippen MR) is 73.7 cm³/mol. The molecule has 2 aromatic heterocycles. The van der Waals surface area contributed by atoms with Gasteiger partial charge in [0.15, 0.2) is 11.6 Å². The highest BCUT2D eigenvalue weighted by molar-refractivity contribution is 6.29. The summed E-state index contributed by atoms with van der Waals surface area (Å²) in [6.07, 6.45) is 0. The van der Waals surface area contributed by atoms with Gasteiger partial charge in [-0.15, -0.1) is 0 Å². The maximum Gasteiger partial charge on any atom is 0.158 e. The molecular weight excluding hydrogens is 264 g/mol. The van der Waals surface area contributed by atoms with Crippen molar-refractivity contribution in [1.82, 2.24) is 19.7 Å². The summed E-state index contributed by atoms with van der Waals surface area (Å²) in [5, 5.41) is 4.86. The summed E-state index contributed by atoms with van der Waals surface area (Å²) in [6, 6.07) is 1.70. The Bertz CT molecular complexity index is 595. The van der Waals surface area contributed by atoms with E-state index in [-0.39, 0.29) is 0 Å². The van der Waals surface area contributed by atoms with Gasteiger partial charge in [-0.2, -0.15) is 5.10 Å². The normalized spacial score (nSPS) is 11.0. The minimum Gasteiger partial charge on any atom is -0.374 e. The summed E-state index contributed by atoms with van der Waals surface area (Å²) in [4.78, 5) is 8.58. The summed E-state index contributed by atoms with van der Waals surface area (Å²) in [5.74, 6) is 1.23. The van der Waals surface area contributed by atoms with Crippen molar-refractivity contribution in [1.29, 1.82) is 0 Å². The third-order valence-electron chi connectivity index (χ3n) is 3.03. The molecule has 0 aliphatic carbocycles. The Morgan fingerprint density at radius 2 is 2.00 bits per heavy atom. The third kappa shape index (κ3) is 2.93. The molecule has 0 saturated carbocycles. The summed E-state index contributed by atoms with van der Waals surface area (Å²) < 4.78 is 7.10. The Labute approximate surface area is 117 Å². The first kappa shape index (κ1) is 14.0. The largest absolute Gasteiger partial charge is 0.374 e. The summed E-state index contributed by atoms with van der Waals surface area (Å²) in [5.41, 5.74) is 3.19. The van der Waals surface area contributed by atoms with Gasteiger partial charge in [0.25, 0.3) is 0 Å². The van der Waals surface area contributed by atoms with E-state index in [4.69, 9.17) is 16.3 Å². The van der Waals surface area contributed by atoms with Crippen LogP contribution in [0.4, 0.5) is 0 Å². The molecule has 0 atom stereocenters. The minimum atomic E-state index is 0.350. The van der Waals surface area contributed by atoms with Gasteiger partial charge in [-0.3, -0.25) is 0 Å². The average molecular weight is 281 g/mol. The summed E-state index contributed by atoms with van der Waals surface area (Å²) in [6.45, 7) is 8.91. The van der Waals surface area contributed by atoms with Gasteiger partial charge in [-0.25, -0.2) is 14.6 Å². The first-order chi connectivity index (χ1) is 9.02. The van der Waals surface area contributed by atoms with Crippen LogP contribution in [0.15, 0.2) is 6.07 Å². The number of rotatable bonds is 4. The van der Waals surface area contributed by atoms with Crippen LogP contribution in [0.3, 0.4) is 0 Å². The van der Waals surface area contributed by atoms with Crippen molar-refractivity contribution in [2.24, 2.45) is 0 Å². The lowest BCUT2D eigenvalue weighted by Gasteiger charge is -2.07. The number of hydrogen-bond donors (Lipinski definition) is 0. The Morgan fingerprint density at radius 3 is 2.58 bits per heavy atom. The van der Waals surface area contributed by atoms with Gasteiger partial charge in [-0.05, 0) is 33.3 Å². The van der Waals surface area contributed by atoms with E-state index in [1.807, 2.05) is 27.7 Å². The van der Waals surface area contributed by atoms with Crippen LogP contribution in [0.2, 0.25) is 5.15 Å². The molecule has 0 radical (unpaired) electrons. The molecule has 0 saturated heterocycles. The molecule has 0 spiro atoms.